The fourth-order valence-electron chi connectivity index (χ4n) is 0.872. The first kappa shape index (κ1) is 13.2. The lowest BCUT2D eigenvalue weighted by molar-refractivity contribution is -0.184. The quantitative estimate of drug-likeness (QED) is 0.675. The van der Waals surface area contributed by atoms with Gasteiger partial charge in [-0.25, -0.2) is 5.48 Å². The van der Waals surface area contributed by atoms with E-state index >= 15 is 0 Å². The fourth-order valence-corrected chi connectivity index (χ4v) is 1.42. The molecule has 0 aliphatic heterocycles. The second kappa shape index (κ2) is 5.48. The van der Waals surface area contributed by atoms with Gasteiger partial charge < -0.3 is 0 Å². The summed E-state index contributed by atoms with van der Waals surface area (Å²) < 4.78 is 35.9. The highest BCUT2D eigenvalue weighted by Gasteiger charge is 2.28. The monoisotopic (exact) mass is 345 g/mol. The molecule has 0 atom stereocenters. The summed E-state index contributed by atoms with van der Waals surface area (Å²) in [5, 5.41) is 0. The van der Waals surface area contributed by atoms with E-state index in [9.17, 15) is 18.0 Å². The Morgan fingerprint density at radius 1 is 1.44 bits per heavy atom. The Balaban J connectivity index is 2.47. The molecule has 7 heteroatoms. The average molecular weight is 345 g/mol. The molecule has 1 N–H and O–H groups in total. The van der Waals surface area contributed by atoms with Crippen molar-refractivity contribution >= 4 is 28.5 Å². The van der Waals surface area contributed by atoms with E-state index in [1.54, 1.807) is 17.6 Å². The minimum Gasteiger partial charge on any atom is -0.267 e. The molecular formula is C9H7F3INO2. The van der Waals surface area contributed by atoms with Crippen LogP contribution in [0.25, 0.3) is 0 Å². The van der Waals surface area contributed by atoms with Gasteiger partial charge in [0.2, 0.25) is 0 Å². The highest BCUT2D eigenvalue weighted by Crippen LogP contribution is 2.14. The molecule has 0 aliphatic rings. The lowest BCUT2D eigenvalue weighted by Crippen LogP contribution is -2.29. The molecule has 16 heavy (non-hydrogen) atoms. The molecule has 0 spiro atoms. The minimum absolute atomic E-state index is 0.245. The number of benzene rings is 1. The summed E-state index contributed by atoms with van der Waals surface area (Å²) in [6, 6.07) is 6.40. The molecular weight excluding hydrogens is 338 g/mol. The normalized spacial score (nSPS) is 11.2. The van der Waals surface area contributed by atoms with Gasteiger partial charge in [-0.15, -0.1) is 0 Å². The SMILES string of the molecule is O=C(NOCC(F)(F)F)c1cccc(I)c1. The van der Waals surface area contributed by atoms with E-state index in [0.717, 1.165) is 3.57 Å². The van der Waals surface area contributed by atoms with Crippen molar-refractivity contribution in [3.63, 3.8) is 0 Å². The van der Waals surface area contributed by atoms with Gasteiger partial charge in [-0.2, -0.15) is 13.2 Å². The molecule has 1 rings (SSSR count). The zero-order chi connectivity index (χ0) is 12.2. The maximum Gasteiger partial charge on any atom is 0.414 e. The van der Waals surface area contributed by atoms with Crippen molar-refractivity contribution in [2.75, 3.05) is 6.61 Å². The smallest absolute Gasteiger partial charge is 0.267 e. The second-order valence-electron chi connectivity index (χ2n) is 2.85. The van der Waals surface area contributed by atoms with Gasteiger partial charge in [0.1, 0.15) is 0 Å². The van der Waals surface area contributed by atoms with E-state index in [4.69, 9.17) is 0 Å². The van der Waals surface area contributed by atoms with Crippen LogP contribution >= 0.6 is 22.6 Å². The van der Waals surface area contributed by atoms with E-state index in [1.165, 1.54) is 12.1 Å². The van der Waals surface area contributed by atoms with Gasteiger partial charge in [0.15, 0.2) is 6.61 Å². The van der Waals surface area contributed by atoms with Crippen LogP contribution in [0, 0.1) is 3.57 Å². The lowest BCUT2D eigenvalue weighted by Gasteiger charge is -2.08. The zero-order valence-electron chi connectivity index (χ0n) is 7.84. The molecule has 3 nitrogen and oxygen atoms in total. The van der Waals surface area contributed by atoms with E-state index in [0.29, 0.717) is 0 Å². The van der Waals surface area contributed by atoms with E-state index in [1.807, 2.05) is 22.6 Å². The topological polar surface area (TPSA) is 38.3 Å². The first-order valence-corrected chi connectivity index (χ1v) is 5.21. The van der Waals surface area contributed by atoms with Crippen LogP contribution in [-0.2, 0) is 4.84 Å². The molecule has 0 aliphatic carbocycles. The number of rotatable bonds is 3. The number of amides is 1. The highest BCUT2D eigenvalue weighted by molar-refractivity contribution is 14.1. The number of hydrogen-bond donors (Lipinski definition) is 1. The van der Waals surface area contributed by atoms with Gasteiger partial charge in [0.05, 0.1) is 0 Å². The summed E-state index contributed by atoms with van der Waals surface area (Å²) in [4.78, 5) is 15.3. The third-order valence-corrected chi connectivity index (χ3v) is 2.16. The summed E-state index contributed by atoms with van der Waals surface area (Å²) >= 11 is 1.99. The average Bonchev–Trinajstić information content (AvgIpc) is 2.15. The Labute approximate surface area is 103 Å². The van der Waals surface area contributed by atoms with Crippen LogP contribution in [0.3, 0.4) is 0 Å². The van der Waals surface area contributed by atoms with Crippen molar-refractivity contribution in [3.05, 3.63) is 33.4 Å². The van der Waals surface area contributed by atoms with Crippen LogP contribution in [0.15, 0.2) is 24.3 Å². The van der Waals surface area contributed by atoms with Gasteiger partial charge in [0, 0.05) is 9.13 Å². The first-order chi connectivity index (χ1) is 7.38. The summed E-state index contributed by atoms with van der Waals surface area (Å²) in [6.07, 6.45) is -4.46. The second-order valence-corrected chi connectivity index (χ2v) is 4.09. The summed E-state index contributed by atoms with van der Waals surface area (Å²) in [5.41, 5.74) is 1.96. The van der Waals surface area contributed by atoms with Crippen LogP contribution in [0.2, 0.25) is 0 Å². The maximum absolute atomic E-state index is 11.7. The largest absolute Gasteiger partial charge is 0.414 e. The van der Waals surface area contributed by atoms with Crippen molar-refractivity contribution in [1.29, 1.82) is 0 Å². The van der Waals surface area contributed by atoms with Gasteiger partial charge in [0.25, 0.3) is 5.91 Å². The predicted octanol–water partition coefficient (Wildman–Crippen LogP) is 2.51. The molecule has 1 aromatic carbocycles. The standard InChI is InChI=1S/C9H7F3INO2/c10-9(11,12)5-16-14-8(15)6-2-1-3-7(13)4-6/h1-4H,5H2,(H,14,15). The number of hydrogen-bond acceptors (Lipinski definition) is 2. The molecule has 0 aromatic heterocycles. The highest BCUT2D eigenvalue weighted by atomic mass is 127. The Kier molecular flexibility index (Phi) is 4.54. The van der Waals surface area contributed by atoms with Crippen molar-refractivity contribution < 1.29 is 22.8 Å². The number of carbonyl (C=O) groups is 1. The van der Waals surface area contributed by atoms with E-state index < -0.39 is 18.7 Å². The van der Waals surface area contributed by atoms with Crippen LogP contribution in [-0.4, -0.2) is 18.7 Å². The minimum atomic E-state index is -4.46. The van der Waals surface area contributed by atoms with E-state index in [-0.39, 0.29) is 5.56 Å². The Morgan fingerprint density at radius 2 is 2.12 bits per heavy atom. The number of hydroxylamine groups is 1. The molecule has 1 amide bonds. The summed E-state index contributed by atoms with van der Waals surface area (Å²) in [5.74, 6) is -0.706. The van der Waals surface area contributed by atoms with Crippen LogP contribution < -0.4 is 5.48 Å². The Morgan fingerprint density at radius 3 is 2.69 bits per heavy atom. The zero-order valence-corrected chi connectivity index (χ0v) is 10.0. The van der Waals surface area contributed by atoms with E-state index in [2.05, 4.69) is 4.84 Å². The Bertz CT molecular complexity index is 381. The van der Waals surface area contributed by atoms with Crippen molar-refractivity contribution in [2.24, 2.45) is 0 Å². The molecule has 0 unspecified atom stereocenters. The number of nitrogens with one attached hydrogen (secondary N) is 1. The van der Waals surface area contributed by atoms with Crippen molar-refractivity contribution in [1.82, 2.24) is 5.48 Å². The molecule has 1 aromatic rings. The predicted molar refractivity (Wildman–Crippen MR) is 58.6 cm³/mol. The van der Waals surface area contributed by atoms with Gasteiger partial charge in [-0.05, 0) is 40.8 Å². The molecule has 0 heterocycles. The van der Waals surface area contributed by atoms with Crippen molar-refractivity contribution in [2.45, 2.75) is 6.18 Å². The lowest BCUT2D eigenvalue weighted by atomic mass is 10.2. The molecule has 0 saturated heterocycles. The first-order valence-electron chi connectivity index (χ1n) is 4.13. The van der Waals surface area contributed by atoms with Gasteiger partial charge >= 0.3 is 6.18 Å². The third-order valence-electron chi connectivity index (χ3n) is 1.49. The fraction of sp³-hybridized carbons (Fsp3) is 0.222. The molecule has 0 fully saturated rings. The Hall–Kier alpha value is -0.830. The number of alkyl halides is 3. The molecule has 0 saturated carbocycles. The summed E-state index contributed by atoms with van der Waals surface area (Å²) in [7, 11) is 0. The third kappa shape index (κ3) is 4.79. The maximum atomic E-state index is 11.7. The number of halogens is 4. The van der Waals surface area contributed by atoms with Crippen molar-refractivity contribution in [3.8, 4) is 0 Å². The van der Waals surface area contributed by atoms with Crippen LogP contribution in [0.5, 0.6) is 0 Å². The molecule has 88 valence electrons. The van der Waals surface area contributed by atoms with Gasteiger partial charge in [-0.3, -0.25) is 9.63 Å². The summed E-state index contributed by atoms with van der Waals surface area (Å²) in [6.45, 7) is -1.51. The van der Waals surface area contributed by atoms with Gasteiger partial charge in [-0.1, -0.05) is 6.07 Å². The van der Waals surface area contributed by atoms with Crippen LogP contribution in [0.4, 0.5) is 13.2 Å². The molecule has 0 radical (unpaired) electrons. The molecule has 0 bridgehead atoms. The number of carbonyl (C=O) groups excluding carboxylic acids is 1. The van der Waals surface area contributed by atoms with Crippen LogP contribution in [0.1, 0.15) is 10.4 Å².